The monoisotopic (exact) mass is 204 g/mol. The van der Waals surface area contributed by atoms with E-state index < -0.39 is 11.5 Å². The highest BCUT2D eigenvalue weighted by Gasteiger charge is 2.31. The predicted octanol–water partition coefficient (Wildman–Crippen LogP) is -0.598. The summed E-state index contributed by atoms with van der Waals surface area (Å²) in [6, 6.07) is 1.92. The van der Waals surface area contributed by atoms with Crippen LogP contribution in [0.2, 0.25) is 0 Å². The van der Waals surface area contributed by atoms with Gasteiger partial charge in [0.15, 0.2) is 0 Å². The fraction of sp³-hybridized carbons (Fsp3) is 0.875. The first-order valence-electron chi connectivity index (χ1n) is 4.22. The molecule has 0 aromatic heterocycles. The SMILES string of the molecule is N#CC(Cl)CN1CC(O)C(CO)C1. The number of rotatable bonds is 3. The van der Waals surface area contributed by atoms with Gasteiger partial charge in [0.25, 0.3) is 0 Å². The van der Waals surface area contributed by atoms with Gasteiger partial charge in [0.2, 0.25) is 0 Å². The third kappa shape index (κ3) is 2.82. The van der Waals surface area contributed by atoms with Gasteiger partial charge in [-0.1, -0.05) is 0 Å². The third-order valence-electron chi connectivity index (χ3n) is 2.28. The Hall–Kier alpha value is -0.340. The van der Waals surface area contributed by atoms with Gasteiger partial charge in [-0.3, -0.25) is 4.90 Å². The van der Waals surface area contributed by atoms with Crippen LogP contribution >= 0.6 is 11.6 Å². The summed E-state index contributed by atoms with van der Waals surface area (Å²) in [6.45, 7) is 1.54. The Labute approximate surface area is 82.3 Å². The zero-order valence-corrected chi connectivity index (χ0v) is 7.98. The molecule has 2 N–H and O–H groups in total. The maximum Gasteiger partial charge on any atom is 0.133 e. The second kappa shape index (κ2) is 4.77. The van der Waals surface area contributed by atoms with Crippen molar-refractivity contribution < 1.29 is 10.2 Å². The number of hydrogen-bond donors (Lipinski definition) is 2. The molecule has 0 aliphatic carbocycles. The summed E-state index contributed by atoms with van der Waals surface area (Å²) in [5, 5.41) is 26.2. The van der Waals surface area contributed by atoms with Crippen LogP contribution in [0.3, 0.4) is 0 Å². The van der Waals surface area contributed by atoms with Crippen LogP contribution < -0.4 is 0 Å². The summed E-state index contributed by atoms with van der Waals surface area (Å²) in [7, 11) is 0. The topological polar surface area (TPSA) is 67.5 Å². The average molecular weight is 205 g/mol. The molecule has 13 heavy (non-hydrogen) atoms. The van der Waals surface area contributed by atoms with Gasteiger partial charge in [-0.2, -0.15) is 5.26 Å². The summed E-state index contributed by atoms with van der Waals surface area (Å²) in [5.74, 6) is -0.0949. The summed E-state index contributed by atoms with van der Waals surface area (Å²) in [5.41, 5.74) is 0. The molecule has 0 spiro atoms. The molecule has 1 fully saturated rings. The fourth-order valence-electron chi connectivity index (χ4n) is 1.54. The lowest BCUT2D eigenvalue weighted by atomic mass is 10.1. The number of β-amino-alcohol motifs (C(OH)–C–C–N with tert-alkyl or cyclic N) is 1. The highest BCUT2D eigenvalue weighted by Crippen LogP contribution is 2.17. The zero-order chi connectivity index (χ0) is 9.84. The van der Waals surface area contributed by atoms with Gasteiger partial charge < -0.3 is 10.2 Å². The molecule has 1 aliphatic rings. The molecule has 0 bridgehead atoms. The molecule has 74 valence electrons. The van der Waals surface area contributed by atoms with Crippen LogP contribution in [-0.4, -0.2) is 52.8 Å². The number of nitriles is 1. The smallest absolute Gasteiger partial charge is 0.133 e. The molecule has 5 heteroatoms. The van der Waals surface area contributed by atoms with Crippen LogP contribution in [0.4, 0.5) is 0 Å². The lowest BCUT2D eigenvalue weighted by Gasteiger charge is -2.14. The van der Waals surface area contributed by atoms with Crippen molar-refractivity contribution in [1.82, 2.24) is 4.90 Å². The van der Waals surface area contributed by atoms with Crippen LogP contribution in [0.25, 0.3) is 0 Å². The van der Waals surface area contributed by atoms with Gasteiger partial charge >= 0.3 is 0 Å². The summed E-state index contributed by atoms with van der Waals surface area (Å²) >= 11 is 5.64. The van der Waals surface area contributed by atoms with E-state index in [1.807, 2.05) is 11.0 Å². The van der Waals surface area contributed by atoms with Crippen LogP contribution in [0, 0.1) is 17.2 Å². The molecule has 3 unspecified atom stereocenters. The van der Waals surface area contributed by atoms with Gasteiger partial charge in [0.05, 0.1) is 12.2 Å². The quantitative estimate of drug-likeness (QED) is 0.603. The van der Waals surface area contributed by atoms with Gasteiger partial charge in [0, 0.05) is 32.2 Å². The minimum atomic E-state index is -0.537. The second-order valence-corrected chi connectivity index (χ2v) is 3.85. The van der Waals surface area contributed by atoms with E-state index in [0.29, 0.717) is 19.6 Å². The summed E-state index contributed by atoms with van der Waals surface area (Å²) < 4.78 is 0. The maximum atomic E-state index is 9.42. The van der Waals surface area contributed by atoms with Crippen molar-refractivity contribution in [3.8, 4) is 6.07 Å². The van der Waals surface area contributed by atoms with Gasteiger partial charge in [-0.25, -0.2) is 0 Å². The number of aliphatic hydroxyl groups is 2. The lowest BCUT2D eigenvalue weighted by molar-refractivity contribution is 0.103. The first-order chi connectivity index (χ1) is 6.17. The molecular weight excluding hydrogens is 192 g/mol. The first kappa shape index (κ1) is 10.7. The number of nitrogens with zero attached hydrogens (tertiary/aromatic N) is 2. The van der Waals surface area contributed by atoms with Crippen LogP contribution in [0.15, 0.2) is 0 Å². The van der Waals surface area contributed by atoms with Crippen LogP contribution in [-0.2, 0) is 0 Å². The molecular formula is C8H13ClN2O2. The highest BCUT2D eigenvalue weighted by molar-refractivity contribution is 6.22. The number of hydrogen-bond acceptors (Lipinski definition) is 4. The second-order valence-electron chi connectivity index (χ2n) is 3.33. The maximum absolute atomic E-state index is 9.42. The molecule has 0 saturated carbocycles. The van der Waals surface area contributed by atoms with Crippen molar-refractivity contribution >= 4 is 11.6 Å². The summed E-state index contributed by atoms with van der Waals surface area (Å²) in [6.07, 6.45) is -0.493. The van der Waals surface area contributed by atoms with E-state index in [4.69, 9.17) is 22.0 Å². The standard InChI is InChI=1S/C8H13ClN2O2/c9-7(1-10)3-11-2-6(5-12)8(13)4-11/h6-8,12-13H,2-5H2. The zero-order valence-electron chi connectivity index (χ0n) is 7.23. The number of alkyl halides is 1. The van der Waals surface area contributed by atoms with Crippen molar-refractivity contribution in [2.75, 3.05) is 26.2 Å². The Morgan fingerprint density at radius 1 is 1.62 bits per heavy atom. The van der Waals surface area contributed by atoms with E-state index in [0.717, 1.165) is 0 Å². The number of likely N-dealkylation sites (tertiary alicyclic amines) is 1. The predicted molar refractivity (Wildman–Crippen MR) is 48.3 cm³/mol. The van der Waals surface area contributed by atoms with Crippen LogP contribution in [0.5, 0.6) is 0 Å². The Morgan fingerprint density at radius 3 is 2.77 bits per heavy atom. The van der Waals surface area contributed by atoms with Crippen LogP contribution in [0.1, 0.15) is 0 Å². The Bertz CT molecular complexity index is 207. The third-order valence-corrected chi connectivity index (χ3v) is 2.51. The Morgan fingerprint density at radius 2 is 2.31 bits per heavy atom. The molecule has 1 heterocycles. The Kier molecular flexibility index (Phi) is 3.94. The fourth-order valence-corrected chi connectivity index (χ4v) is 1.73. The summed E-state index contributed by atoms with van der Waals surface area (Å²) in [4.78, 5) is 1.90. The molecule has 1 saturated heterocycles. The van der Waals surface area contributed by atoms with Crippen molar-refractivity contribution in [1.29, 1.82) is 5.26 Å². The molecule has 0 radical (unpaired) electrons. The number of aliphatic hydroxyl groups excluding tert-OH is 2. The van der Waals surface area contributed by atoms with Crippen molar-refractivity contribution in [2.45, 2.75) is 11.5 Å². The Balaban J connectivity index is 2.36. The first-order valence-corrected chi connectivity index (χ1v) is 4.66. The molecule has 0 aromatic rings. The average Bonchev–Trinajstić information content (AvgIpc) is 2.46. The van der Waals surface area contributed by atoms with E-state index >= 15 is 0 Å². The highest BCUT2D eigenvalue weighted by atomic mass is 35.5. The van der Waals surface area contributed by atoms with Gasteiger partial charge in [-0.05, 0) is 0 Å². The van der Waals surface area contributed by atoms with E-state index in [9.17, 15) is 5.11 Å². The van der Waals surface area contributed by atoms with E-state index in [-0.39, 0.29) is 12.5 Å². The largest absolute Gasteiger partial charge is 0.396 e. The molecule has 1 aliphatic heterocycles. The van der Waals surface area contributed by atoms with Crippen molar-refractivity contribution in [2.24, 2.45) is 5.92 Å². The molecule has 0 aromatic carbocycles. The molecule has 4 nitrogen and oxygen atoms in total. The van der Waals surface area contributed by atoms with Crippen molar-refractivity contribution in [3.63, 3.8) is 0 Å². The lowest BCUT2D eigenvalue weighted by Crippen LogP contribution is -2.28. The van der Waals surface area contributed by atoms with Gasteiger partial charge in [0.1, 0.15) is 5.38 Å². The van der Waals surface area contributed by atoms with E-state index in [1.165, 1.54) is 0 Å². The normalized spacial score (nSPS) is 31.5. The van der Waals surface area contributed by atoms with E-state index in [2.05, 4.69) is 0 Å². The molecule has 3 atom stereocenters. The molecule has 1 rings (SSSR count). The van der Waals surface area contributed by atoms with Crippen molar-refractivity contribution in [3.05, 3.63) is 0 Å². The van der Waals surface area contributed by atoms with E-state index in [1.54, 1.807) is 0 Å². The number of halogens is 1. The minimum Gasteiger partial charge on any atom is -0.396 e. The minimum absolute atomic E-state index is 0.0167. The van der Waals surface area contributed by atoms with Gasteiger partial charge in [-0.15, -0.1) is 11.6 Å². The molecule has 0 amide bonds.